The highest BCUT2D eigenvalue weighted by molar-refractivity contribution is 5.47. The molecule has 0 unspecified atom stereocenters. The van der Waals surface area contributed by atoms with Gasteiger partial charge in [-0.2, -0.15) is 0 Å². The van der Waals surface area contributed by atoms with Crippen LogP contribution in [-0.2, 0) is 5.41 Å². The second-order valence-electron chi connectivity index (χ2n) is 14.4. The van der Waals surface area contributed by atoms with Gasteiger partial charge in [0.05, 0.1) is 0 Å². The lowest BCUT2D eigenvalue weighted by molar-refractivity contribution is 0.208. The van der Waals surface area contributed by atoms with Crippen LogP contribution in [-0.4, -0.2) is 0 Å². The van der Waals surface area contributed by atoms with E-state index in [1.807, 2.05) is 48.5 Å². The molecule has 0 bridgehead atoms. The van der Waals surface area contributed by atoms with Crippen molar-refractivity contribution in [1.82, 2.24) is 0 Å². The highest BCUT2D eigenvalue weighted by atomic mass is 16.5. The molecular formula is C43H54N2O2. The summed E-state index contributed by atoms with van der Waals surface area (Å²) in [7, 11) is 0. The van der Waals surface area contributed by atoms with E-state index in [0.717, 1.165) is 65.0 Å². The molecule has 2 fully saturated rings. The van der Waals surface area contributed by atoms with Crippen molar-refractivity contribution < 1.29 is 9.47 Å². The number of nitrogen functional groups attached to an aromatic ring is 2. The maximum atomic E-state index is 6.15. The molecule has 4 aromatic rings. The Morgan fingerprint density at radius 1 is 0.489 bits per heavy atom. The molecule has 0 aromatic heterocycles. The van der Waals surface area contributed by atoms with Crippen LogP contribution in [0.2, 0.25) is 0 Å². The minimum atomic E-state index is -0.0213. The van der Waals surface area contributed by atoms with Crippen molar-refractivity contribution in [2.24, 2.45) is 17.8 Å². The highest BCUT2D eigenvalue weighted by Crippen LogP contribution is 2.49. The Morgan fingerprint density at radius 2 is 0.851 bits per heavy atom. The summed E-state index contributed by atoms with van der Waals surface area (Å²) in [5.74, 6) is 6.05. The molecule has 248 valence electrons. The minimum absolute atomic E-state index is 0.0213. The SMILES string of the molecule is CCCCCC1CCC(CCC2CCC(c3ccc(Oc4ccc(N)cc4)cc3)(c3ccc(Oc4ccc(N)cc4)cc3)CC2)CC1. The number of nitrogens with two attached hydrogens (primary N) is 2. The molecule has 0 atom stereocenters. The average Bonchev–Trinajstić information content (AvgIpc) is 3.11. The molecule has 0 saturated heterocycles. The van der Waals surface area contributed by atoms with Crippen LogP contribution in [0.1, 0.15) is 108 Å². The Kier molecular flexibility index (Phi) is 11.1. The average molecular weight is 631 g/mol. The largest absolute Gasteiger partial charge is 0.457 e. The first-order valence-electron chi connectivity index (χ1n) is 18.3. The lowest BCUT2D eigenvalue weighted by atomic mass is 9.62. The lowest BCUT2D eigenvalue weighted by Crippen LogP contribution is -2.33. The molecule has 0 aliphatic heterocycles. The van der Waals surface area contributed by atoms with Gasteiger partial charge in [-0.05, 0) is 127 Å². The summed E-state index contributed by atoms with van der Waals surface area (Å²) >= 11 is 0. The molecule has 4 nitrogen and oxygen atoms in total. The van der Waals surface area contributed by atoms with Crippen molar-refractivity contribution in [2.75, 3.05) is 11.5 Å². The van der Waals surface area contributed by atoms with Gasteiger partial charge in [-0.3, -0.25) is 0 Å². The van der Waals surface area contributed by atoms with Crippen molar-refractivity contribution >= 4 is 11.4 Å². The van der Waals surface area contributed by atoms with Gasteiger partial charge in [0, 0.05) is 16.8 Å². The van der Waals surface area contributed by atoms with E-state index < -0.39 is 0 Å². The Labute approximate surface area is 282 Å². The normalized spacial score (nSPS) is 19.7. The molecule has 47 heavy (non-hydrogen) atoms. The monoisotopic (exact) mass is 630 g/mol. The maximum Gasteiger partial charge on any atom is 0.127 e. The first kappa shape index (κ1) is 33.0. The quantitative estimate of drug-likeness (QED) is 0.114. The molecule has 0 amide bonds. The molecule has 4 N–H and O–H groups in total. The zero-order chi connectivity index (χ0) is 32.5. The lowest BCUT2D eigenvalue weighted by Gasteiger charge is -2.42. The van der Waals surface area contributed by atoms with E-state index in [9.17, 15) is 0 Å². The van der Waals surface area contributed by atoms with E-state index in [0.29, 0.717) is 0 Å². The van der Waals surface area contributed by atoms with Crippen LogP contribution in [0, 0.1) is 17.8 Å². The fraction of sp³-hybridized carbons (Fsp3) is 0.442. The first-order chi connectivity index (χ1) is 23.0. The Morgan fingerprint density at radius 3 is 1.26 bits per heavy atom. The topological polar surface area (TPSA) is 70.5 Å². The number of ether oxygens (including phenoxy) is 2. The summed E-state index contributed by atoms with van der Waals surface area (Å²) in [4.78, 5) is 0. The molecule has 4 heteroatoms. The molecule has 0 spiro atoms. The molecule has 0 radical (unpaired) electrons. The summed E-state index contributed by atoms with van der Waals surface area (Å²) in [6.45, 7) is 2.32. The maximum absolute atomic E-state index is 6.15. The van der Waals surface area contributed by atoms with Gasteiger partial charge in [0.15, 0.2) is 0 Å². The molecule has 0 heterocycles. The van der Waals surface area contributed by atoms with Crippen LogP contribution >= 0.6 is 0 Å². The number of anilines is 2. The van der Waals surface area contributed by atoms with Gasteiger partial charge in [-0.1, -0.05) is 95.4 Å². The zero-order valence-electron chi connectivity index (χ0n) is 28.3. The summed E-state index contributed by atoms with van der Waals surface area (Å²) in [6.07, 6.45) is 19.2. The van der Waals surface area contributed by atoms with Crippen LogP contribution in [0.15, 0.2) is 97.1 Å². The number of rotatable bonds is 13. The Balaban J connectivity index is 1.12. The van der Waals surface area contributed by atoms with E-state index >= 15 is 0 Å². The van der Waals surface area contributed by atoms with Crippen LogP contribution in [0.3, 0.4) is 0 Å². The standard InChI is InChI=1S/C43H54N2O2/c1-2-3-4-5-32-6-8-33(9-7-32)10-11-34-28-30-43(31-29-34,35-12-20-39(21-13-35)46-41-24-16-37(44)17-25-41)36-14-22-40(23-15-36)47-42-26-18-38(45)19-27-42/h12-27,32-34H,2-11,28-31,44-45H2,1H3. The van der Waals surface area contributed by atoms with Gasteiger partial charge in [0.2, 0.25) is 0 Å². The van der Waals surface area contributed by atoms with Gasteiger partial charge in [-0.25, -0.2) is 0 Å². The summed E-state index contributed by atoms with van der Waals surface area (Å²) < 4.78 is 12.3. The third-order valence-corrected chi connectivity index (χ3v) is 11.2. The van der Waals surface area contributed by atoms with Gasteiger partial charge >= 0.3 is 0 Å². The Bertz CT molecular complexity index is 1400. The fourth-order valence-electron chi connectivity index (χ4n) is 8.19. The second kappa shape index (κ2) is 15.8. The van der Waals surface area contributed by atoms with Gasteiger partial charge in [0.1, 0.15) is 23.0 Å². The van der Waals surface area contributed by atoms with E-state index in [-0.39, 0.29) is 5.41 Å². The number of unbranched alkanes of at least 4 members (excludes halogenated alkanes) is 2. The third-order valence-electron chi connectivity index (χ3n) is 11.2. The third kappa shape index (κ3) is 8.71. The number of hydrogen-bond donors (Lipinski definition) is 2. The Hall–Kier alpha value is -3.92. The highest BCUT2D eigenvalue weighted by Gasteiger charge is 2.38. The van der Waals surface area contributed by atoms with Crippen LogP contribution < -0.4 is 20.9 Å². The molecule has 2 aliphatic rings. The van der Waals surface area contributed by atoms with E-state index in [1.54, 1.807) is 0 Å². The number of hydrogen-bond acceptors (Lipinski definition) is 4. The van der Waals surface area contributed by atoms with Crippen molar-refractivity contribution in [3.8, 4) is 23.0 Å². The predicted octanol–water partition coefficient (Wildman–Crippen LogP) is 12.1. The van der Waals surface area contributed by atoms with E-state index in [2.05, 4.69) is 55.5 Å². The van der Waals surface area contributed by atoms with Crippen molar-refractivity contribution in [2.45, 2.75) is 102 Å². The molecule has 4 aromatic carbocycles. The second-order valence-corrected chi connectivity index (χ2v) is 14.4. The molecule has 2 saturated carbocycles. The first-order valence-corrected chi connectivity index (χ1v) is 18.3. The fourth-order valence-corrected chi connectivity index (χ4v) is 8.19. The smallest absolute Gasteiger partial charge is 0.127 e. The summed E-state index contributed by atoms with van der Waals surface area (Å²) in [5, 5.41) is 0. The summed E-state index contributed by atoms with van der Waals surface area (Å²) in [5.41, 5.74) is 15.9. The van der Waals surface area contributed by atoms with Crippen LogP contribution in [0.25, 0.3) is 0 Å². The van der Waals surface area contributed by atoms with Crippen molar-refractivity contribution in [3.05, 3.63) is 108 Å². The van der Waals surface area contributed by atoms with E-state index in [4.69, 9.17) is 20.9 Å². The van der Waals surface area contributed by atoms with Gasteiger partial charge in [-0.15, -0.1) is 0 Å². The van der Waals surface area contributed by atoms with Crippen molar-refractivity contribution in [3.63, 3.8) is 0 Å². The molecular weight excluding hydrogens is 576 g/mol. The van der Waals surface area contributed by atoms with Crippen molar-refractivity contribution in [1.29, 1.82) is 0 Å². The van der Waals surface area contributed by atoms with E-state index in [1.165, 1.54) is 88.2 Å². The van der Waals surface area contributed by atoms with Gasteiger partial charge in [0.25, 0.3) is 0 Å². The summed E-state index contributed by atoms with van der Waals surface area (Å²) in [6, 6.07) is 32.8. The van der Waals surface area contributed by atoms with Crippen LogP contribution in [0.4, 0.5) is 11.4 Å². The van der Waals surface area contributed by atoms with Gasteiger partial charge < -0.3 is 20.9 Å². The molecule has 2 aliphatic carbocycles. The molecule has 6 rings (SSSR count). The van der Waals surface area contributed by atoms with Crippen LogP contribution in [0.5, 0.6) is 23.0 Å². The predicted molar refractivity (Wildman–Crippen MR) is 196 cm³/mol. The number of benzene rings is 4. The zero-order valence-corrected chi connectivity index (χ0v) is 28.3. The minimum Gasteiger partial charge on any atom is -0.457 e.